The molecule has 3 rings (SSSR count). The first-order chi connectivity index (χ1) is 13.4. The Morgan fingerprint density at radius 1 is 0.821 bits per heavy atom. The average Bonchev–Trinajstić information content (AvgIpc) is 2.68. The van der Waals surface area contributed by atoms with Crippen molar-refractivity contribution in [2.45, 2.75) is 0 Å². The molecule has 0 unspecified atom stereocenters. The summed E-state index contributed by atoms with van der Waals surface area (Å²) >= 11 is 0. The van der Waals surface area contributed by atoms with Crippen LogP contribution >= 0.6 is 0 Å². The molecule has 0 atom stereocenters. The highest BCUT2D eigenvalue weighted by Crippen LogP contribution is 2.28. The number of carbonyl (C=O) groups excluding carboxylic acids is 1. The lowest BCUT2D eigenvalue weighted by molar-refractivity contribution is 0.0692. The number of aromatic carboxylic acids is 1. The molecule has 0 radical (unpaired) electrons. The first-order valence-electron chi connectivity index (χ1n) is 8.61. The van der Waals surface area contributed by atoms with Gasteiger partial charge in [0.25, 0.3) is 0 Å². The van der Waals surface area contributed by atoms with Crippen LogP contribution in [0, 0.1) is 0 Å². The minimum atomic E-state index is -1.19. The van der Waals surface area contributed by atoms with E-state index in [0.717, 1.165) is 11.4 Å². The van der Waals surface area contributed by atoms with Gasteiger partial charge in [-0.15, -0.1) is 0 Å². The van der Waals surface area contributed by atoms with E-state index in [9.17, 15) is 19.8 Å². The maximum Gasteiger partial charge on any atom is 0.336 e. The summed E-state index contributed by atoms with van der Waals surface area (Å²) in [4.78, 5) is 26.0. The van der Waals surface area contributed by atoms with Crippen LogP contribution in [-0.2, 0) is 0 Å². The number of rotatable bonds is 6. The van der Waals surface area contributed by atoms with Crippen LogP contribution in [0.2, 0.25) is 0 Å². The molecule has 0 bridgehead atoms. The van der Waals surface area contributed by atoms with Crippen LogP contribution in [0.25, 0.3) is 0 Å². The van der Waals surface area contributed by atoms with Gasteiger partial charge >= 0.3 is 5.97 Å². The molecule has 0 spiro atoms. The van der Waals surface area contributed by atoms with Gasteiger partial charge in [-0.1, -0.05) is 18.2 Å². The highest BCUT2D eigenvalue weighted by Gasteiger charge is 2.20. The fourth-order valence-electron chi connectivity index (χ4n) is 2.82. The third-order valence-corrected chi connectivity index (χ3v) is 4.32. The van der Waals surface area contributed by atoms with Crippen LogP contribution in [0.5, 0.6) is 5.75 Å². The standard InChI is InChI=1S/C22H20N2O4/c1-24(2)16-10-7-14(8-11-16)23-15-9-12-19(20(25)13-15)21(26)17-5-3-4-6-18(17)22(27)28/h3-13,23,25H,1-2H3,(H,27,28). The monoisotopic (exact) mass is 376 g/mol. The van der Waals surface area contributed by atoms with Crippen molar-refractivity contribution in [2.24, 2.45) is 0 Å². The van der Waals surface area contributed by atoms with Gasteiger partial charge in [0.05, 0.1) is 11.1 Å². The van der Waals surface area contributed by atoms with Crippen molar-refractivity contribution in [2.75, 3.05) is 24.3 Å². The van der Waals surface area contributed by atoms with Crippen molar-refractivity contribution in [1.29, 1.82) is 0 Å². The molecule has 3 N–H and O–H groups in total. The molecule has 3 aromatic rings. The second-order valence-electron chi connectivity index (χ2n) is 6.48. The molecule has 0 saturated carbocycles. The smallest absolute Gasteiger partial charge is 0.336 e. The predicted octanol–water partition coefficient (Wildman–Crippen LogP) is 4.13. The molecule has 6 nitrogen and oxygen atoms in total. The zero-order valence-electron chi connectivity index (χ0n) is 15.5. The molecule has 0 aliphatic rings. The zero-order chi connectivity index (χ0) is 20.3. The second kappa shape index (κ2) is 7.84. The van der Waals surface area contributed by atoms with Gasteiger partial charge in [-0.25, -0.2) is 4.79 Å². The van der Waals surface area contributed by atoms with E-state index in [2.05, 4.69) is 5.32 Å². The highest BCUT2D eigenvalue weighted by molar-refractivity contribution is 6.15. The van der Waals surface area contributed by atoms with E-state index < -0.39 is 11.8 Å². The lowest BCUT2D eigenvalue weighted by Crippen LogP contribution is -2.09. The Morgan fingerprint density at radius 2 is 1.43 bits per heavy atom. The van der Waals surface area contributed by atoms with Gasteiger partial charge in [-0.3, -0.25) is 4.79 Å². The number of carboxylic acid groups (broad SMARTS) is 1. The molecule has 0 aliphatic heterocycles. The fourth-order valence-corrected chi connectivity index (χ4v) is 2.82. The molecule has 142 valence electrons. The lowest BCUT2D eigenvalue weighted by Gasteiger charge is -2.14. The van der Waals surface area contributed by atoms with Gasteiger partial charge < -0.3 is 20.4 Å². The summed E-state index contributed by atoms with van der Waals surface area (Å²) < 4.78 is 0. The van der Waals surface area contributed by atoms with Gasteiger partial charge in [-0.05, 0) is 42.5 Å². The minimum Gasteiger partial charge on any atom is -0.507 e. The lowest BCUT2D eigenvalue weighted by atomic mass is 9.97. The number of benzene rings is 3. The number of hydrogen-bond donors (Lipinski definition) is 3. The molecule has 6 heteroatoms. The van der Waals surface area contributed by atoms with Crippen LogP contribution in [0.4, 0.5) is 17.1 Å². The van der Waals surface area contributed by atoms with Crippen molar-refractivity contribution in [1.82, 2.24) is 0 Å². The van der Waals surface area contributed by atoms with E-state index in [4.69, 9.17) is 0 Å². The number of aromatic hydroxyl groups is 1. The number of ketones is 1. The summed E-state index contributed by atoms with van der Waals surface area (Å²) in [5.74, 6) is -1.96. The van der Waals surface area contributed by atoms with Crippen molar-refractivity contribution >= 4 is 28.8 Å². The van der Waals surface area contributed by atoms with Crippen molar-refractivity contribution in [3.8, 4) is 5.75 Å². The average molecular weight is 376 g/mol. The van der Waals surface area contributed by atoms with E-state index >= 15 is 0 Å². The first-order valence-corrected chi connectivity index (χ1v) is 8.61. The van der Waals surface area contributed by atoms with Crippen LogP contribution < -0.4 is 10.2 Å². The summed E-state index contributed by atoms with van der Waals surface area (Å²) in [6.45, 7) is 0. The maximum absolute atomic E-state index is 12.7. The molecule has 3 aromatic carbocycles. The topological polar surface area (TPSA) is 89.9 Å². The summed E-state index contributed by atoms with van der Waals surface area (Å²) in [6.07, 6.45) is 0. The molecular formula is C22H20N2O4. The number of nitrogens with one attached hydrogen (secondary N) is 1. The van der Waals surface area contributed by atoms with E-state index in [-0.39, 0.29) is 22.4 Å². The Kier molecular flexibility index (Phi) is 5.31. The van der Waals surface area contributed by atoms with Crippen LogP contribution in [0.3, 0.4) is 0 Å². The first kappa shape index (κ1) is 19.0. The molecule has 28 heavy (non-hydrogen) atoms. The number of anilines is 3. The second-order valence-corrected chi connectivity index (χ2v) is 6.48. The van der Waals surface area contributed by atoms with Gasteiger partial charge in [0.2, 0.25) is 0 Å². The zero-order valence-corrected chi connectivity index (χ0v) is 15.5. The summed E-state index contributed by atoms with van der Waals surface area (Å²) in [5.41, 5.74) is 2.48. The molecule has 0 aliphatic carbocycles. The van der Waals surface area contributed by atoms with E-state index in [1.165, 1.54) is 24.3 Å². The third kappa shape index (κ3) is 3.96. The number of phenolic OH excluding ortho intramolecular Hbond substituents is 1. The number of phenols is 1. The molecule has 0 aromatic heterocycles. The number of nitrogens with zero attached hydrogens (tertiary/aromatic N) is 1. The van der Waals surface area contributed by atoms with Crippen LogP contribution in [0.1, 0.15) is 26.3 Å². The largest absolute Gasteiger partial charge is 0.507 e. The van der Waals surface area contributed by atoms with Gasteiger partial charge in [0, 0.05) is 42.8 Å². The van der Waals surface area contributed by atoms with E-state index in [0.29, 0.717) is 5.69 Å². The molecule has 0 heterocycles. The number of carbonyl (C=O) groups is 2. The van der Waals surface area contributed by atoms with Crippen molar-refractivity contribution in [3.05, 3.63) is 83.4 Å². The molecular weight excluding hydrogens is 356 g/mol. The van der Waals surface area contributed by atoms with Crippen LogP contribution in [-0.4, -0.2) is 36.1 Å². The molecule has 0 fully saturated rings. The highest BCUT2D eigenvalue weighted by atomic mass is 16.4. The van der Waals surface area contributed by atoms with E-state index in [1.807, 2.05) is 43.3 Å². The van der Waals surface area contributed by atoms with Crippen molar-refractivity contribution < 1.29 is 19.8 Å². The Hall–Kier alpha value is -3.80. The van der Waals surface area contributed by atoms with Crippen molar-refractivity contribution in [3.63, 3.8) is 0 Å². The fraction of sp³-hybridized carbons (Fsp3) is 0.0909. The minimum absolute atomic E-state index is 0.0327. The van der Waals surface area contributed by atoms with Gasteiger partial charge in [-0.2, -0.15) is 0 Å². The number of hydrogen-bond acceptors (Lipinski definition) is 5. The predicted molar refractivity (Wildman–Crippen MR) is 109 cm³/mol. The van der Waals surface area contributed by atoms with Gasteiger partial charge in [0.1, 0.15) is 5.75 Å². The Labute approximate surface area is 162 Å². The Morgan fingerprint density at radius 3 is 2.00 bits per heavy atom. The number of carboxylic acids is 1. The summed E-state index contributed by atoms with van der Waals surface area (Å²) in [5, 5.41) is 22.8. The Bertz CT molecular complexity index is 1030. The van der Waals surface area contributed by atoms with Crippen LogP contribution in [0.15, 0.2) is 66.7 Å². The summed E-state index contributed by atoms with van der Waals surface area (Å²) in [6, 6.07) is 18.3. The summed E-state index contributed by atoms with van der Waals surface area (Å²) in [7, 11) is 3.91. The quantitative estimate of drug-likeness (QED) is 0.561. The molecule has 0 saturated heterocycles. The van der Waals surface area contributed by atoms with Gasteiger partial charge in [0.15, 0.2) is 5.78 Å². The molecule has 0 amide bonds. The normalized spacial score (nSPS) is 10.4. The Balaban J connectivity index is 1.84. The van der Waals surface area contributed by atoms with E-state index in [1.54, 1.807) is 18.2 Å². The maximum atomic E-state index is 12.7. The SMILES string of the molecule is CN(C)c1ccc(Nc2ccc(C(=O)c3ccccc3C(=O)O)c(O)c2)cc1. The third-order valence-electron chi connectivity index (χ3n) is 4.32.